The van der Waals surface area contributed by atoms with Gasteiger partial charge in [0.25, 0.3) is 0 Å². The SMILES string of the molecule is COc1ccc(NC(C)=O)cc1NC(C)C(=O)N1CCCC1. The van der Waals surface area contributed by atoms with Crippen molar-refractivity contribution in [1.82, 2.24) is 4.90 Å². The number of amides is 2. The Morgan fingerprint density at radius 1 is 1.27 bits per heavy atom. The van der Waals surface area contributed by atoms with Crippen LogP contribution in [-0.4, -0.2) is 43.0 Å². The maximum atomic E-state index is 12.4. The summed E-state index contributed by atoms with van der Waals surface area (Å²) in [7, 11) is 1.57. The zero-order valence-electron chi connectivity index (χ0n) is 13.3. The summed E-state index contributed by atoms with van der Waals surface area (Å²) >= 11 is 0. The number of benzene rings is 1. The van der Waals surface area contributed by atoms with Crippen LogP contribution >= 0.6 is 0 Å². The Balaban J connectivity index is 2.11. The van der Waals surface area contributed by atoms with Crippen molar-refractivity contribution in [3.05, 3.63) is 18.2 Å². The molecule has 1 heterocycles. The predicted molar refractivity (Wildman–Crippen MR) is 86.2 cm³/mol. The molecule has 1 aromatic carbocycles. The molecule has 1 aliphatic rings. The van der Waals surface area contributed by atoms with Crippen LogP contribution in [0.4, 0.5) is 11.4 Å². The molecule has 0 aromatic heterocycles. The number of nitrogens with one attached hydrogen (secondary N) is 2. The fourth-order valence-electron chi connectivity index (χ4n) is 2.61. The van der Waals surface area contributed by atoms with Gasteiger partial charge in [0.15, 0.2) is 0 Å². The summed E-state index contributed by atoms with van der Waals surface area (Å²) in [6.45, 7) is 4.95. The second kappa shape index (κ2) is 7.15. The van der Waals surface area contributed by atoms with Crippen LogP contribution in [0, 0.1) is 0 Å². The second-order valence-corrected chi connectivity index (χ2v) is 5.49. The van der Waals surface area contributed by atoms with Gasteiger partial charge in [-0.1, -0.05) is 0 Å². The highest BCUT2D eigenvalue weighted by atomic mass is 16.5. The highest BCUT2D eigenvalue weighted by Gasteiger charge is 2.23. The van der Waals surface area contributed by atoms with E-state index in [4.69, 9.17) is 4.74 Å². The molecule has 0 spiro atoms. The Bertz CT molecular complexity index is 554. The van der Waals surface area contributed by atoms with Crippen molar-refractivity contribution in [1.29, 1.82) is 0 Å². The smallest absolute Gasteiger partial charge is 0.244 e. The standard InChI is InChI=1S/C16H23N3O3/c1-11(16(21)19-8-4-5-9-19)17-14-10-13(18-12(2)20)6-7-15(14)22-3/h6-7,10-11,17H,4-5,8-9H2,1-3H3,(H,18,20). The van der Waals surface area contributed by atoms with Gasteiger partial charge in [-0.2, -0.15) is 0 Å². The zero-order valence-corrected chi connectivity index (χ0v) is 13.3. The van der Waals surface area contributed by atoms with Crippen molar-refractivity contribution < 1.29 is 14.3 Å². The summed E-state index contributed by atoms with van der Waals surface area (Å²) < 4.78 is 5.31. The summed E-state index contributed by atoms with van der Waals surface area (Å²) in [5.41, 5.74) is 1.35. The van der Waals surface area contributed by atoms with E-state index >= 15 is 0 Å². The second-order valence-electron chi connectivity index (χ2n) is 5.49. The number of ether oxygens (including phenoxy) is 1. The van der Waals surface area contributed by atoms with Crippen molar-refractivity contribution in [2.75, 3.05) is 30.8 Å². The molecule has 1 saturated heterocycles. The Morgan fingerprint density at radius 2 is 1.95 bits per heavy atom. The molecule has 2 N–H and O–H groups in total. The van der Waals surface area contributed by atoms with E-state index in [2.05, 4.69) is 10.6 Å². The van der Waals surface area contributed by atoms with Crippen LogP contribution in [0.3, 0.4) is 0 Å². The summed E-state index contributed by atoms with van der Waals surface area (Å²) in [4.78, 5) is 25.4. The van der Waals surface area contributed by atoms with Crippen LogP contribution in [0.15, 0.2) is 18.2 Å². The number of carbonyl (C=O) groups excluding carboxylic acids is 2. The molecular formula is C16H23N3O3. The number of methoxy groups -OCH3 is 1. The predicted octanol–water partition coefficient (Wildman–Crippen LogP) is 2.08. The first kappa shape index (κ1) is 16.1. The van der Waals surface area contributed by atoms with E-state index in [9.17, 15) is 9.59 Å². The first-order chi connectivity index (χ1) is 10.5. The molecule has 1 unspecified atom stereocenters. The van der Waals surface area contributed by atoms with Gasteiger partial charge in [-0.15, -0.1) is 0 Å². The lowest BCUT2D eigenvalue weighted by Gasteiger charge is -2.23. The lowest BCUT2D eigenvalue weighted by atomic mass is 10.2. The van der Waals surface area contributed by atoms with Gasteiger partial charge in [-0.3, -0.25) is 9.59 Å². The number of rotatable bonds is 5. The Labute approximate surface area is 130 Å². The van der Waals surface area contributed by atoms with Gasteiger partial charge in [0.05, 0.1) is 12.8 Å². The van der Waals surface area contributed by atoms with Gasteiger partial charge in [0.1, 0.15) is 11.8 Å². The number of nitrogens with zero attached hydrogens (tertiary/aromatic N) is 1. The quantitative estimate of drug-likeness (QED) is 0.874. The lowest BCUT2D eigenvalue weighted by molar-refractivity contribution is -0.130. The van der Waals surface area contributed by atoms with Crippen LogP contribution in [0.25, 0.3) is 0 Å². The normalized spacial score (nSPS) is 15.3. The molecule has 0 bridgehead atoms. The number of likely N-dealkylation sites (tertiary alicyclic amines) is 1. The van der Waals surface area contributed by atoms with E-state index < -0.39 is 0 Å². The van der Waals surface area contributed by atoms with E-state index in [-0.39, 0.29) is 17.9 Å². The van der Waals surface area contributed by atoms with E-state index in [1.165, 1.54) is 6.92 Å². The maximum absolute atomic E-state index is 12.4. The molecule has 1 aromatic rings. The number of hydrogen-bond donors (Lipinski definition) is 2. The van der Waals surface area contributed by atoms with Crippen molar-refractivity contribution in [2.45, 2.75) is 32.7 Å². The van der Waals surface area contributed by atoms with Gasteiger partial charge >= 0.3 is 0 Å². The summed E-state index contributed by atoms with van der Waals surface area (Å²) in [5.74, 6) is 0.581. The molecule has 1 aliphatic heterocycles. The third-order valence-electron chi connectivity index (χ3n) is 3.68. The van der Waals surface area contributed by atoms with Crippen LogP contribution in [-0.2, 0) is 9.59 Å². The third-order valence-corrected chi connectivity index (χ3v) is 3.68. The van der Waals surface area contributed by atoms with Crippen LogP contribution in [0.2, 0.25) is 0 Å². The average molecular weight is 305 g/mol. The molecule has 6 nitrogen and oxygen atoms in total. The maximum Gasteiger partial charge on any atom is 0.244 e. The molecular weight excluding hydrogens is 282 g/mol. The molecule has 0 aliphatic carbocycles. The minimum absolute atomic E-state index is 0.0875. The van der Waals surface area contributed by atoms with Crippen molar-refractivity contribution in [2.24, 2.45) is 0 Å². The van der Waals surface area contributed by atoms with Gasteiger partial charge in [0.2, 0.25) is 11.8 Å². The number of carbonyl (C=O) groups is 2. The fourth-order valence-corrected chi connectivity index (χ4v) is 2.61. The highest BCUT2D eigenvalue weighted by Crippen LogP contribution is 2.28. The summed E-state index contributed by atoms with van der Waals surface area (Å²) in [6.07, 6.45) is 2.14. The zero-order chi connectivity index (χ0) is 16.1. The van der Waals surface area contributed by atoms with E-state index in [1.54, 1.807) is 25.3 Å². The van der Waals surface area contributed by atoms with Crippen molar-refractivity contribution in [3.63, 3.8) is 0 Å². The van der Waals surface area contributed by atoms with E-state index in [1.807, 2.05) is 11.8 Å². The molecule has 2 rings (SSSR count). The van der Waals surface area contributed by atoms with Crippen molar-refractivity contribution >= 4 is 23.2 Å². The molecule has 6 heteroatoms. The fraction of sp³-hybridized carbons (Fsp3) is 0.500. The molecule has 120 valence electrons. The molecule has 1 fully saturated rings. The summed E-state index contributed by atoms with van der Waals surface area (Å²) in [6, 6.07) is 4.95. The first-order valence-electron chi connectivity index (χ1n) is 7.52. The van der Waals surface area contributed by atoms with Gasteiger partial charge in [0, 0.05) is 25.7 Å². The lowest BCUT2D eigenvalue weighted by Crippen LogP contribution is -2.39. The molecule has 2 amide bonds. The Kier molecular flexibility index (Phi) is 5.25. The van der Waals surface area contributed by atoms with E-state index in [0.29, 0.717) is 17.1 Å². The first-order valence-corrected chi connectivity index (χ1v) is 7.52. The number of hydrogen-bond acceptors (Lipinski definition) is 4. The monoisotopic (exact) mass is 305 g/mol. The van der Waals surface area contributed by atoms with E-state index in [0.717, 1.165) is 25.9 Å². The van der Waals surface area contributed by atoms with Gasteiger partial charge in [-0.05, 0) is 38.0 Å². The van der Waals surface area contributed by atoms with Crippen LogP contribution < -0.4 is 15.4 Å². The third kappa shape index (κ3) is 3.90. The van der Waals surface area contributed by atoms with Crippen molar-refractivity contribution in [3.8, 4) is 5.75 Å². The summed E-state index contributed by atoms with van der Waals surface area (Å²) in [5, 5.41) is 5.91. The van der Waals surface area contributed by atoms with Gasteiger partial charge < -0.3 is 20.3 Å². The topological polar surface area (TPSA) is 70.7 Å². The average Bonchev–Trinajstić information content (AvgIpc) is 3.00. The minimum Gasteiger partial charge on any atom is -0.495 e. The van der Waals surface area contributed by atoms with Crippen LogP contribution in [0.1, 0.15) is 26.7 Å². The van der Waals surface area contributed by atoms with Crippen LogP contribution in [0.5, 0.6) is 5.75 Å². The van der Waals surface area contributed by atoms with Gasteiger partial charge in [-0.25, -0.2) is 0 Å². The molecule has 22 heavy (non-hydrogen) atoms. The molecule has 0 radical (unpaired) electrons. The largest absolute Gasteiger partial charge is 0.495 e. The molecule has 1 atom stereocenters. The molecule has 0 saturated carbocycles. The Morgan fingerprint density at radius 3 is 2.55 bits per heavy atom. The highest BCUT2D eigenvalue weighted by molar-refractivity contribution is 5.90. The number of anilines is 2. The Hall–Kier alpha value is -2.24. The minimum atomic E-state index is -0.348.